The number of carbonyl (C=O) groups excluding carboxylic acids is 1. The average molecular weight is 260 g/mol. The highest BCUT2D eigenvalue weighted by Crippen LogP contribution is 2.18. The maximum Gasteiger partial charge on any atom is 0.322 e. The molecule has 6 nitrogen and oxygen atoms in total. The van der Waals surface area contributed by atoms with Gasteiger partial charge in [-0.25, -0.2) is 12.7 Å². The zero-order chi connectivity index (χ0) is 12.9. The summed E-state index contributed by atoms with van der Waals surface area (Å²) in [7, 11) is -3.64. The standard InChI is InChI=1S/C10H16N2O4S/c1-2-16-10(13)8-17(14,15)12-5-3-4-9(6-11)7-12/h9H,2-5,7-8H2,1H3. The van der Waals surface area contributed by atoms with Gasteiger partial charge in [-0.3, -0.25) is 4.79 Å². The van der Waals surface area contributed by atoms with E-state index in [9.17, 15) is 13.2 Å². The summed E-state index contributed by atoms with van der Waals surface area (Å²) < 4.78 is 29.5. The lowest BCUT2D eigenvalue weighted by Crippen LogP contribution is -2.42. The smallest absolute Gasteiger partial charge is 0.322 e. The Bertz CT molecular complexity index is 413. The van der Waals surface area contributed by atoms with Gasteiger partial charge in [0.15, 0.2) is 5.75 Å². The van der Waals surface area contributed by atoms with Crippen molar-refractivity contribution in [3.63, 3.8) is 0 Å². The topological polar surface area (TPSA) is 87.5 Å². The van der Waals surface area contributed by atoms with Gasteiger partial charge in [-0.2, -0.15) is 5.26 Å². The van der Waals surface area contributed by atoms with Crippen molar-refractivity contribution in [2.24, 2.45) is 5.92 Å². The predicted octanol–water partition coefficient (Wildman–Crippen LogP) is 0.115. The molecule has 0 N–H and O–H groups in total. The molecular weight excluding hydrogens is 244 g/mol. The molecule has 1 unspecified atom stereocenters. The fraction of sp³-hybridized carbons (Fsp3) is 0.800. The van der Waals surface area contributed by atoms with Crippen molar-refractivity contribution in [3.8, 4) is 6.07 Å². The van der Waals surface area contributed by atoms with Crippen LogP contribution in [0.2, 0.25) is 0 Å². The van der Waals surface area contributed by atoms with Gasteiger partial charge < -0.3 is 4.74 Å². The number of rotatable bonds is 4. The first kappa shape index (κ1) is 13.9. The minimum absolute atomic E-state index is 0.162. The quantitative estimate of drug-likeness (QED) is 0.670. The molecule has 1 heterocycles. The molecule has 96 valence electrons. The van der Waals surface area contributed by atoms with Gasteiger partial charge in [0.2, 0.25) is 10.0 Å². The van der Waals surface area contributed by atoms with E-state index in [0.29, 0.717) is 19.4 Å². The molecule has 1 aliphatic rings. The van der Waals surface area contributed by atoms with Gasteiger partial charge in [-0.1, -0.05) is 0 Å². The zero-order valence-electron chi connectivity index (χ0n) is 9.76. The number of sulfonamides is 1. The first-order chi connectivity index (χ1) is 7.99. The largest absolute Gasteiger partial charge is 0.465 e. The number of hydrogen-bond acceptors (Lipinski definition) is 5. The van der Waals surface area contributed by atoms with Crippen molar-refractivity contribution < 1.29 is 17.9 Å². The average Bonchev–Trinajstić information content (AvgIpc) is 2.28. The number of carbonyl (C=O) groups is 1. The number of piperidine rings is 1. The maximum absolute atomic E-state index is 11.8. The van der Waals surface area contributed by atoms with Crippen LogP contribution >= 0.6 is 0 Å². The van der Waals surface area contributed by atoms with Crippen LogP contribution in [0.5, 0.6) is 0 Å². The van der Waals surface area contributed by atoms with Crippen LogP contribution < -0.4 is 0 Å². The molecule has 0 bridgehead atoms. The minimum Gasteiger partial charge on any atom is -0.465 e. The molecule has 0 radical (unpaired) electrons. The second kappa shape index (κ2) is 5.98. The molecule has 1 saturated heterocycles. The first-order valence-corrected chi connectivity index (χ1v) is 7.13. The fourth-order valence-electron chi connectivity index (χ4n) is 1.74. The maximum atomic E-state index is 11.8. The second-order valence-electron chi connectivity index (χ2n) is 3.89. The Labute approximate surface area is 101 Å². The van der Waals surface area contributed by atoms with Crippen LogP contribution in [0, 0.1) is 17.2 Å². The van der Waals surface area contributed by atoms with Crippen molar-refractivity contribution in [1.82, 2.24) is 4.31 Å². The number of esters is 1. The third kappa shape index (κ3) is 3.98. The highest BCUT2D eigenvalue weighted by Gasteiger charge is 2.30. The predicted molar refractivity (Wildman–Crippen MR) is 60.3 cm³/mol. The molecule has 0 saturated carbocycles. The number of ether oxygens (including phenoxy) is 1. The monoisotopic (exact) mass is 260 g/mol. The lowest BCUT2D eigenvalue weighted by molar-refractivity contribution is -0.140. The second-order valence-corrected chi connectivity index (χ2v) is 5.86. The van der Waals surface area contributed by atoms with Crippen LogP contribution in [0.25, 0.3) is 0 Å². The van der Waals surface area contributed by atoms with E-state index in [1.165, 1.54) is 4.31 Å². The van der Waals surface area contributed by atoms with E-state index < -0.39 is 21.7 Å². The van der Waals surface area contributed by atoms with Gasteiger partial charge in [0, 0.05) is 13.1 Å². The lowest BCUT2D eigenvalue weighted by atomic mass is 10.0. The Balaban J connectivity index is 2.64. The summed E-state index contributed by atoms with van der Waals surface area (Å²) >= 11 is 0. The van der Waals surface area contributed by atoms with Crippen LogP contribution in [0.15, 0.2) is 0 Å². The van der Waals surface area contributed by atoms with Crippen molar-refractivity contribution >= 4 is 16.0 Å². The molecule has 1 aliphatic heterocycles. The van der Waals surface area contributed by atoms with E-state index >= 15 is 0 Å². The van der Waals surface area contributed by atoms with E-state index in [1.807, 2.05) is 0 Å². The molecule has 17 heavy (non-hydrogen) atoms. The van der Waals surface area contributed by atoms with Gasteiger partial charge in [0.1, 0.15) is 0 Å². The highest BCUT2D eigenvalue weighted by molar-refractivity contribution is 7.89. The third-order valence-electron chi connectivity index (χ3n) is 2.57. The van der Waals surface area contributed by atoms with Crippen LogP contribution in [0.3, 0.4) is 0 Å². The van der Waals surface area contributed by atoms with Crippen LogP contribution in [0.4, 0.5) is 0 Å². The van der Waals surface area contributed by atoms with E-state index in [4.69, 9.17) is 5.26 Å². The molecule has 1 atom stereocenters. The van der Waals surface area contributed by atoms with E-state index in [2.05, 4.69) is 10.8 Å². The van der Waals surface area contributed by atoms with Gasteiger partial charge in [-0.15, -0.1) is 0 Å². The Hall–Kier alpha value is -1.13. The highest BCUT2D eigenvalue weighted by atomic mass is 32.2. The van der Waals surface area contributed by atoms with E-state index in [1.54, 1.807) is 6.92 Å². The molecule has 7 heteroatoms. The molecular formula is C10H16N2O4S. The molecule has 0 aromatic rings. The van der Waals surface area contributed by atoms with Crippen molar-refractivity contribution in [2.45, 2.75) is 19.8 Å². The Morgan fingerprint density at radius 1 is 1.59 bits per heavy atom. The summed E-state index contributed by atoms with van der Waals surface area (Å²) in [5.41, 5.74) is 0. The summed E-state index contributed by atoms with van der Waals surface area (Å²) in [5.74, 6) is -1.66. The summed E-state index contributed by atoms with van der Waals surface area (Å²) in [4.78, 5) is 11.2. The summed E-state index contributed by atoms with van der Waals surface area (Å²) in [6.45, 7) is 2.34. The number of nitrogens with zero attached hydrogens (tertiary/aromatic N) is 2. The summed E-state index contributed by atoms with van der Waals surface area (Å²) in [6.07, 6.45) is 1.36. The normalized spacial score (nSPS) is 21.8. The van der Waals surface area contributed by atoms with Crippen molar-refractivity contribution in [3.05, 3.63) is 0 Å². The molecule has 0 aromatic heterocycles. The third-order valence-corrected chi connectivity index (χ3v) is 4.28. The Morgan fingerprint density at radius 3 is 2.88 bits per heavy atom. The first-order valence-electron chi connectivity index (χ1n) is 5.52. The Kier molecular flexibility index (Phi) is 4.90. The molecule has 0 aromatic carbocycles. The van der Waals surface area contributed by atoms with Gasteiger partial charge in [-0.05, 0) is 19.8 Å². The van der Waals surface area contributed by atoms with Gasteiger partial charge >= 0.3 is 5.97 Å². The lowest BCUT2D eigenvalue weighted by Gasteiger charge is -2.28. The van der Waals surface area contributed by atoms with Crippen LogP contribution in [-0.2, 0) is 19.6 Å². The molecule has 1 rings (SSSR count). The molecule has 0 amide bonds. The van der Waals surface area contributed by atoms with Crippen LogP contribution in [0.1, 0.15) is 19.8 Å². The zero-order valence-corrected chi connectivity index (χ0v) is 10.6. The summed E-state index contributed by atoms with van der Waals surface area (Å²) in [6, 6.07) is 2.06. The van der Waals surface area contributed by atoms with E-state index in [-0.39, 0.29) is 19.1 Å². The van der Waals surface area contributed by atoms with Gasteiger partial charge in [0.25, 0.3) is 0 Å². The van der Waals surface area contributed by atoms with Crippen molar-refractivity contribution in [2.75, 3.05) is 25.4 Å². The SMILES string of the molecule is CCOC(=O)CS(=O)(=O)N1CCCC(C#N)C1. The van der Waals surface area contributed by atoms with E-state index in [0.717, 1.165) is 0 Å². The Morgan fingerprint density at radius 2 is 2.29 bits per heavy atom. The van der Waals surface area contributed by atoms with Crippen molar-refractivity contribution in [1.29, 1.82) is 5.26 Å². The number of nitriles is 1. The minimum atomic E-state index is -3.64. The summed E-state index contributed by atoms with van der Waals surface area (Å²) in [5, 5.41) is 8.78. The molecule has 1 fully saturated rings. The van der Waals surface area contributed by atoms with Gasteiger partial charge in [0.05, 0.1) is 18.6 Å². The fourth-order valence-corrected chi connectivity index (χ4v) is 3.12. The number of hydrogen-bond donors (Lipinski definition) is 0. The van der Waals surface area contributed by atoms with Crippen LogP contribution in [-0.4, -0.2) is 44.1 Å². The molecule has 0 aliphatic carbocycles. The molecule has 0 spiro atoms.